The van der Waals surface area contributed by atoms with Crippen LogP contribution >= 0.6 is 0 Å². The molecule has 1 N–H and O–H groups in total. The lowest BCUT2D eigenvalue weighted by atomic mass is 9.99. The Morgan fingerprint density at radius 1 is 1.32 bits per heavy atom. The van der Waals surface area contributed by atoms with E-state index in [0.29, 0.717) is 17.9 Å². The minimum atomic E-state index is -0.232. The molecule has 0 saturated heterocycles. The van der Waals surface area contributed by atoms with Crippen LogP contribution in [0.25, 0.3) is 0 Å². The first-order valence-electron chi connectivity index (χ1n) is 8.79. The molecule has 1 heterocycles. The highest BCUT2D eigenvalue weighted by Gasteiger charge is 2.33. The highest BCUT2D eigenvalue weighted by molar-refractivity contribution is 5.98. The fourth-order valence-corrected chi connectivity index (χ4v) is 3.07. The second kappa shape index (κ2) is 8.06. The molecule has 6 heteroatoms. The van der Waals surface area contributed by atoms with Crippen LogP contribution in [-0.2, 0) is 0 Å². The minimum absolute atomic E-state index is 0.0274. The number of ether oxygens (including phenoxy) is 1. The quantitative estimate of drug-likeness (QED) is 0.874. The highest BCUT2D eigenvalue weighted by Crippen LogP contribution is 2.31. The summed E-state index contributed by atoms with van der Waals surface area (Å²) in [6, 6.07) is 5.48. The van der Waals surface area contributed by atoms with Crippen LogP contribution in [0.1, 0.15) is 24.2 Å². The first kappa shape index (κ1) is 19.5. The van der Waals surface area contributed by atoms with Crippen molar-refractivity contribution in [1.82, 2.24) is 9.80 Å². The molecule has 3 atom stereocenters. The number of carbonyl (C=O) groups excluding carboxylic acids is 1. The van der Waals surface area contributed by atoms with Gasteiger partial charge in [-0.3, -0.25) is 4.79 Å². The Hall–Kier alpha value is -1.79. The van der Waals surface area contributed by atoms with Gasteiger partial charge in [0.15, 0.2) is 0 Å². The maximum Gasteiger partial charge on any atom is 0.258 e. The van der Waals surface area contributed by atoms with Crippen molar-refractivity contribution in [3.05, 3.63) is 23.8 Å². The Balaban J connectivity index is 2.50. The summed E-state index contributed by atoms with van der Waals surface area (Å²) in [5, 5.41) is 9.61. The number of hydrogen-bond donors (Lipinski definition) is 1. The first-order chi connectivity index (χ1) is 11.7. The summed E-state index contributed by atoms with van der Waals surface area (Å²) >= 11 is 0. The zero-order chi connectivity index (χ0) is 18.7. The number of aliphatic hydroxyl groups is 1. The summed E-state index contributed by atoms with van der Waals surface area (Å²) in [6.07, 6.45) is -0.0274. The van der Waals surface area contributed by atoms with E-state index in [9.17, 15) is 9.90 Å². The van der Waals surface area contributed by atoms with E-state index in [2.05, 4.69) is 11.8 Å². The minimum Gasteiger partial charge on any atom is -0.488 e. The molecule has 0 fully saturated rings. The average molecular weight is 349 g/mol. The molecule has 0 unspecified atom stereocenters. The number of aliphatic hydroxyl groups excluding tert-OH is 1. The van der Waals surface area contributed by atoms with E-state index in [1.807, 2.05) is 58.2 Å². The largest absolute Gasteiger partial charge is 0.488 e. The number of amides is 1. The van der Waals surface area contributed by atoms with Gasteiger partial charge in [0.25, 0.3) is 5.91 Å². The number of hydrogen-bond acceptors (Lipinski definition) is 5. The van der Waals surface area contributed by atoms with Crippen molar-refractivity contribution in [2.75, 3.05) is 52.8 Å². The van der Waals surface area contributed by atoms with E-state index in [1.54, 1.807) is 4.90 Å². The molecule has 1 aromatic carbocycles. The van der Waals surface area contributed by atoms with Crippen LogP contribution in [0.3, 0.4) is 0 Å². The van der Waals surface area contributed by atoms with Crippen molar-refractivity contribution in [2.45, 2.75) is 26.0 Å². The van der Waals surface area contributed by atoms with Gasteiger partial charge >= 0.3 is 0 Å². The summed E-state index contributed by atoms with van der Waals surface area (Å²) in [5.41, 5.74) is 1.51. The molecule has 0 bridgehead atoms. The van der Waals surface area contributed by atoms with E-state index in [4.69, 9.17) is 4.74 Å². The van der Waals surface area contributed by atoms with Gasteiger partial charge in [0.1, 0.15) is 11.9 Å². The molecule has 140 valence electrons. The number of benzene rings is 1. The van der Waals surface area contributed by atoms with Gasteiger partial charge in [0.2, 0.25) is 0 Å². The van der Waals surface area contributed by atoms with E-state index < -0.39 is 0 Å². The van der Waals surface area contributed by atoms with Gasteiger partial charge in [0, 0.05) is 38.8 Å². The van der Waals surface area contributed by atoms with Crippen LogP contribution in [0.2, 0.25) is 0 Å². The Morgan fingerprint density at radius 3 is 2.56 bits per heavy atom. The smallest absolute Gasteiger partial charge is 0.258 e. The molecule has 1 aliphatic heterocycles. The van der Waals surface area contributed by atoms with Crippen molar-refractivity contribution >= 4 is 11.6 Å². The lowest BCUT2D eigenvalue weighted by Crippen LogP contribution is -2.49. The zero-order valence-electron chi connectivity index (χ0n) is 16.2. The molecule has 2 rings (SSSR count). The fourth-order valence-electron chi connectivity index (χ4n) is 3.07. The van der Waals surface area contributed by atoms with Gasteiger partial charge in [-0.25, -0.2) is 0 Å². The average Bonchev–Trinajstić information content (AvgIpc) is 2.56. The highest BCUT2D eigenvalue weighted by atomic mass is 16.5. The van der Waals surface area contributed by atoms with Gasteiger partial charge in [-0.1, -0.05) is 6.92 Å². The molecule has 1 aromatic rings. The Kier molecular flexibility index (Phi) is 6.30. The molecular weight excluding hydrogens is 318 g/mol. The second-order valence-electron chi connectivity index (χ2n) is 7.46. The monoisotopic (exact) mass is 349 g/mol. The molecule has 1 aliphatic rings. The van der Waals surface area contributed by atoms with Crippen LogP contribution in [0.15, 0.2) is 18.2 Å². The number of anilines is 1. The number of likely N-dealkylation sites (N-methyl/N-ethyl adjacent to an activating group) is 1. The molecule has 0 aromatic heterocycles. The summed E-state index contributed by atoms with van der Waals surface area (Å²) in [7, 11) is 7.93. The predicted octanol–water partition coefficient (Wildman–Crippen LogP) is 1.53. The predicted molar refractivity (Wildman–Crippen MR) is 100 cm³/mol. The molecule has 0 spiro atoms. The third-order valence-corrected chi connectivity index (χ3v) is 4.71. The fraction of sp³-hybridized carbons (Fsp3) is 0.632. The summed E-state index contributed by atoms with van der Waals surface area (Å²) in [6.45, 7) is 5.25. The van der Waals surface area contributed by atoms with Gasteiger partial charge < -0.3 is 24.5 Å². The van der Waals surface area contributed by atoms with Gasteiger partial charge in [-0.05, 0) is 39.2 Å². The normalized spacial score (nSPS) is 22.1. The van der Waals surface area contributed by atoms with Crippen LogP contribution < -0.4 is 9.64 Å². The van der Waals surface area contributed by atoms with Crippen molar-refractivity contribution < 1.29 is 14.6 Å². The van der Waals surface area contributed by atoms with Crippen molar-refractivity contribution in [2.24, 2.45) is 5.92 Å². The molecule has 0 aliphatic carbocycles. The second-order valence-corrected chi connectivity index (χ2v) is 7.46. The molecule has 0 saturated carbocycles. The molecule has 25 heavy (non-hydrogen) atoms. The SMILES string of the molecule is C[C@@H]1CN([C@@H](C)CO)C(=O)c2cc(N(C)C)ccc2O[C@H]1CN(C)C. The van der Waals surface area contributed by atoms with Gasteiger partial charge in [-0.15, -0.1) is 0 Å². The lowest BCUT2D eigenvalue weighted by molar-refractivity contribution is 0.0363. The van der Waals surface area contributed by atoms with Gasteiger partial charge in [-0.2, -0.15) is 0 Å². The maximum atomic E-state index is 13.1. The van der Waals surface area contributed by atoms with Crippen molar-refractivity contribution in [1.29, 1.82) is 0 Å². The Labute approximate surface area is 151 Å². The summed E-state index contributed by atoms with van der Waals surface area (Å²) in [5.74, 6) is 0.682. The standard InChI is InChI=1S/C19H31N3O3/c1-13-10-22(14(2)12-23)19(24)16-9-15(21(5)6)7-8-17(16)25-18(13)11-20(3)4/h7-9,13-14,18,23H,10-12H2,1-6H3/t13-,14+,18+/m1/s1. The first-order valence-corrected chi connectivity index (χ1v) is 8.79. The van der Waals surface area contributed by atoms with E-state index in [0.717, 1.165) is 12.2 Å². The number of rotatable bonds is 5. The van der Waals surface area contributed by atoms with E-state index >= 15 is 0 Å². The zero-order valence-corrected chi connectivity index (χ0v) is 16.2. The Bertz CT molecular complexity index is 604. The van der Waals surface area contributed by atoms with Crippen molar-refractivity contribution in [3.63, 3.8) is 0 Å². The maximum absolute atomic E-state index is 13.1. The summed E-state index contributed by atoms with van der Waals surface area (Å²) < 4.78 is 6.26. The molecule has 6 nitrogen and oxygen atoms in total. The number of nitrogens with zero attached hydrogens (tertiary/aromatic N) is 3. The third kappa shape index (κ3) is 4.44. The van der Waals surface area contributed by atoms with Crippen LogP contribution in [0, 0.1) is 5.92 Å². The lowest BCUT2D eigenvalue weighted by Gasteiger charge is -2.38. The van der Waals surface area contributed by atoms with E-state index in [1.165, 1.54) is 0 Å². The summed E-state index contributed by atoms with van der Waals surface area (Å²) in [4.78, 5) is 19.0. The van der Waals surface area contributed by atoms with Gasteiger partial charge in [0.05, 0.1) is 18.2 Å². The third-order valence-electron chi connectivity index (χ3n) is 4.71. The molecular formula is C19H31N3O3. The van der Waals surface area contributed by atoms with Crippen LogP contribution in [0.5, 0.6) is 5.75 Å². The molecule has 1 amide bonds. The number of carbonyl (C=O) groups is 1. The topological polar surface area (TPSA) is 56.3 Å². The molecule has 0 radical (unpaired) electrons. The van der Waals surface area contributed by atoms with Crippen molar-refractivity contribution in [3.8, 4) is 5.75 Å². The Morgan fingerprint density at radius 2 is 2.00 bits per heavy atom. The van der Waals surface area contributed by atoms with E-state index in [-0.39, 0.29) is 30.6 Å². The number of fused-ring (bicyclic) bond motifs is 1. The van der Waals surface area contributed by atoms with Crippen LogP contribution in [0.4, 0.5) is 5.69 Å². The van der Waals surface area contributed by atoms with Crippen LogP contribution in [-0.4, -0.2) is 80.8 Å².